The molecule has 3 rings (SSSR count). The molecule has 0 unspecified atom stereocenters. The number of carbonyl (C=O) groups excluding carboxylic acids is 2. The number of likely N-dealkylation sites (tertiary alicyclic amines) is 1. The van der Waals surface area contributed by atoms with Crippen molar-refractivity contribution in [2.45, 2.75) is 45.7 Å². The van der Waals surface area contributed by atoms with Gasteiger partial charge in [0.1, 0.15) is 0 Å². The van der Waals surface area contributed by atoms with E-state index in [4.69, 9.17) is 0 Å². The van der Waals surface area contributed by atoms with E-state index in [1.165, 1.54) is 6.20 Å². The molecule has 0 saturated carbocycles. The van der Waals surface area contributed by atoms with Crippen molar-refractivity contribution >= 4 is 17.5 Å². The summed E-state index contributed by atoms with van der Waals surface area (Å²) in [5, 5.41) is 13.5. The average molecular weight is 396 g/mol. The molecule has 2 heterocycles. The Hall–Kier alpha value is -2.80. The Morgan fingerprint density at radius 1 is 1.14 bits per heavy atom. The van der Waals surface area contributed by atoms with Crippen LogP contribution in [0.3, 0.4) is 0 Å². The number of benzene rings is 1. The van der Waals surface area contributed by atoms with E-state index in [1.54, 1.807) is 12.1 Å². The summed E-state index contributed by atoms with van der Waals surface area (Å²) in [7, 11) is 0. The lowest BCUT2D eigenvalue weighted by Crippen LogP contribution is -2.46. The van der Waals surface area contributed by atoms with Crippen LogP contribution in [0.4, 0.5) is 5.69 Å². The Bertz CT molecular complexity index is 840. The summed E-state index contributed by atoms with van der Waals surface area (Å²) in [6, 6.07) is 11.1. The molecule has 0 bridgehead atoms. The monoisotopic (exact) mass is 395 g/mol. The van der Waals surface area contributed by atoms with Crippen LogP contribution in [0.25, 0.3) is 0 Å². The van der Waals surface area contributed by atoms with Gasteiger partial charge in [-0.1, -0.05) is 12.1 Å². The van der Waals surface area contributed by atoms with Gasteiger partial charge in [-0.25, -0.2) is 0 Å². The lowest BCUT2D eigenvalue weighted by molar-refractivity contribution is -0.127. The zero-order valence-corrected chi connectivity index (χ0v) is 17.3. The third-order valence-electron chi connectivity index (χ3n) is 4.85. The minimum Gasteiger partial charge on any atom is -0.351 e. The van der Waals surface area contributed by atoms with E-state index in [-0.39, 0.29) is 29.0 Å². The lowest BCUT2D eigenvalue weighted by atomic mass is 9.94. The third-order valence-corrected chi connectivity index (χ3v) is 4.85. The molecule has 1 fully saturated rings. The summed E-state index contributed by atoms with van der Waals surface area (Å²) >= 11 is 0. The molecule has 1 saturated heterocycles. The fourth-order valence-corrected chi connectivity index (χ4v) is 3.45. The molecular weight excluding hydrogens is 366 g/mol. The fraction of sp³-hybridized carbons (Fsp3) is 0.455. The van der Waals surface area contributed by atoms with Gasteiger partial charge in [-0.15, -0.1) is 5.10 Å². The number of nitrogens with zero attached hydrogens (tertiary/aromatic N) is 3. The summed E-state index contributed by atoms with van der Waals surface area (Å²) < 4.78 is 0. The largest absolute Gasteiger partial charge is 0.351 e. The fourth-order valence-electron chi connectivity index (χ4n) is 3.45. The molecule has 0 aliphatic carbocycles. The van der Waals surface area contributed by atoms with Crippen molar-refractivity contribution in [3.63, 3.8) is 0 Å². The van der Waals surface area contributed by atoms with Crippen LogP contribution in [-0.4, -0.2) is 45.5 Å². The van der Waals surface area contributed by atoms with Gasteiger partial charge in [0.2, 0.25) is 5.91 Å². The van der Waals surface area contributed by atoms with Crippen LogP contribution in [0.5, 0.6) is 0 Å². The normalized spacial score (nSPS) is 15.7. The van der Waals surface area contributed by atoms with Gasteiger partial charge in [-0.05, 0) is 76.5 Å². The summed E-state index contributed by atoms with van der Waals surface area (Å²) in [5.74, 6) is -0.0325. The van der Waals surface area contributed by atoms with Gasteiger partial charge < -0.3 is 10.6 Å². The maximum absolute atomic E-state index is 12.4. The molecule has 2 amide bonds. The molecule has 0 atom stereocenters. The number of hydrogen-bond donors (Lipinski definition) is 2. The molecule has 0 spiro atoms. The van der Waals surface area contributed by atoms with Crippen LogP contribution in [0.1, 0.15) is 49.7 Å². The first kappa shape index (κ1) is 20.9. The Morgan fingerprint density at radius 3 is 2.55 bits per heavy atom. The van der Waals surface area contributed by atoms with Crippen molar-refractivity contribution in [1.29, 1.82) is 0 Å². The second kappa shape index (κ2) is 9.13. The number of piperidine rings is 1. The van der Waals surface area contributed by atoms with Crippen molar-refractivity contribution < 1.29 is 9.59 Å². The number of carbonyl (C=O) groups is 2. The second-order valence-corrected chi connectivity index (χ2v) is 8.55. The summed E-state index contributed by atoms with van der Waals surface area (Å²) in [6.07, 6.45) is 3.27. The van der Waals surface area contributed by atoms with Crippen LogP contribution in [0.15, 0.2) is 42.6 Å². The minimum atomic E-state index is -0.277. The molecule has 1 aromatic heterocycles. The highest BCUT2D eigenvalue weighted by molar-refractivity contribution is 6.02. The van der Waals surface area contributed by atoms with E-state index in [2.05, 4.69) is 31.8 Å². The Morgan fingerprint density at radius 2 is 1.90 bits per heavy atom. The summed E-state index contributed by atoms with van der Waals surface area (Å²) in [6.45, 7) is 8.60. The van der Waals surface area contributed by atoms with E-state index in [0.717, 1.165) is 43.7 Å². The van der Waals surface area contributed by atoms with Gasteiger partial charge in [-0.2, -0.15) is 5.10 Å². The van der Waals surface area contributed by atoms with Crippen LogP contribution < -0.4 is 10.6 Å². The van der Waals surface area contributed by atoms with Gasteiger partial charge in [0.05, 0.1) is 0 Å². The van der Waals surface area contributed by atoms with E-state index in [1.807, 2.05) is 39.0 Å². The van der Waals surface area contributed by atoms with Crippen LogP contribution in [0.2, 0.25) is 0 Å². The topological polar surface area (TPSA) is 87.2 Å². The quantitative estimate of drug-likeness (QED) is 0.813. The van der Waals surface area contributed by atoms with Gasteiger partial charge >= 0.3 is 0 Å². The molecule has 1 aromatic carbocycles. The Balaban J connectivity index is 1.52. The molecule has 7 heteroatoms. The Labute approximate surface area is 171 Å². The van der Waals surface area contributed by atoms with Crippen LogP contribution in [0, 0.1) is 5.92 Å². The van der Waals surface area contributed by atoms with Crippen LogP contribution >= 0.6 is 0 Å². The molecule has 1 aliphatic rings. The minimum absolute atomic E-state index is 0.0862. The molecule has 1 aliphatic heterocycles. The Kier molecular flexibility index (Phi) is 6.59. The van der Waals surface area contributed by atoms with Crippen molar-refractivity contribution in [1.82, 2.24) is 20.4 Å². The average Bonchev–Trinajstić information content (AvgIpc) is 2.68. The van der Waals surface area contributed by atoms with E-state index >= 15 is 0 Å². The predicted molar refractivity (Wildman–Crippen MR) is 112 cm³/mol. The van der Waals surface area contributed by atoms with Crippen LogP contribution in [-0.2, 0) is 11.3 Å². The highest BCUT2D eigenvalue weighted by atomic mass is 16.2. The van der Waals surface area contributed by atoms with Crippen molar-refractivity contribution in [3.8, 4) is 0 Å². The maximum atomic E-state index is 12.4. The number of hydrogen-bond acceptors (Lipinski definition) is 5. The lowest BCUT2D eigenvalue weighted by Gasteiger charge is -2.33. The molecule has 2 aromatic rings. The van der Waals surface area contributed by atoms with Gasteiger partial charge in [0.25, 0.3) is 5.91 Å². The smallest absolute Gasteiger partial charge is 0.276 e. The first-order valence-electron chi connectivity index (χ1n) is 10.0. The standard InChI is InChI=1S/C22H29N5O2/c1-22(2,3)25-20(28)17-9-12-27(13-10-17)15-16-6-4-7-18(14-16)24-21(29)19-8-5-11-23-26-19/h4-8,11,14,17H,9-10,12-13,15H2,1-3H3,(H,24,29)(H,25,28). The summed E-state index contributed by atoms with van der Waals surface area (Å²) in [5.41, 5.74) is 1.95. The van der Waals surface area contributed by atoms with E-state index in [0.29, 0.717) is 0 Å². The summed E-state index contributed by atoms with van der Waals surface area (Å²) in [4.78, 5) is 27.0. The first-order valence-corrected chi connectivity index (χ1v) is 10.0. The molecule has 0 radical (unpaired) electrons. The molecule has 2 N–H and O–H groups in total. The number of nitrogens with one attached hydrogen (secondary N) is 2. The van der Waals surface area contributed by atoms with E-state index in [9.17, 15) is 9.59 Å². The van der Waals surface area contributed by atoms with Gasteiger partial charge in [0, 0.05) is 29.9 Å². The third kappa shape index (κ3) is 6.35. The molecule has 29 heavy (non-hydrogen) atoms. The number of anilines is 1. The molecular formula is C22H29N5O2. The number of amides is 2. The number of aromatic nitrogens is 2. The predicted octanol–water partition coefficient (Wildman–Crippen LogP) is 2.86. The maximum Gasteiger partial charge on any atom is 0.276 e. The highest BCUT2D eigenvalue weighted by Crippen LogP contribution is 2.21. The zero-order chi connectivity index (χ0) is 20.9. The second-order valence-electron chi connectivity index (χ2n) is 8.55. The van der Waals surface area contributed by atoms with Gasteiger partial charge in [0.15, 0.2) is 5.69 Å². The van der Waals surface area contributed by atoms with Crippen molar-refractivity contribution in [2.24, 2.45) is 5.92 Å². The SMILES string of the molecule is CC(C)(C)NC(=O)C1CCN(Cc2cccc(NC(=O)c3cccnn3)c2)CC1. The zero-order valence-electron chi connectivity index (χ0n) is 17.3. The van der Waals surface area contributed by atoms with E-state index < -0.39 is 0 Å². The molecule has 7 nitrogen and oxygen atoms in total. The molecule has 154 valence electrons. The van der Waals surface area contributed by atoms with Gasteiger partial charge in [-0.3, -0.25) is 14.5 Å². The highest BCUT2D eigenvalue weighted by Gasteiger charge is 2.27. The number of rotatable bonds is 5. The van der Waals surface area contributed by atoms with Crippen molar-refractivity contribution in [3.05, 3.63) is 53.9 Å². The van der Waals surface area contributed by atoms with Crippen molar-refractivity contribution in [2.75, 3.05) is 18.4 Å². The first-order chi connectivity index (χ1) is 13.8.